The number of amides is 2. The van der Waals surface area contributed by atoms with Crippen LogP contribution in [0.5, 0.6) is 0 Å². The molecule has 1 fully saturated rings. The molecular weight excluding hydrogens is 318 g/mol. The minimum atomic E-state index is -0.301. The van der Waals surface area contributed by atoms with Gasteiger partial charge in [-0.25, -0.2) is 4.98 Å². The van der Waals surface area contributed by atoms with Crippen LogP contribution in [0.1, 0.15) is 50.8 Å². The predicted octanol–water partition coefficient (Wildman–Crippen LogP) is 1.25. The lowest BCUT2D eigenvalue weighted by atomic mass is 9.87. The number of hydrogen-bond donors (Lipinski definition) is 2. The van der Waals surface area contributed by atoms with Crippen LogP contribution in [0.25, 0.3) is 0 Å². The van der Waals surface area contributed by atoms with Gasteiger partial charge in [-0.05, 0) is 55.9 Å². The molecule has 0 radical (unpaired) electrons. The van der Waals surface area contributed by atoms with E-state index in [-0.39, 0.29) is 23.7 Å². The minimum absolute atomic E-state index is 0.0439. The molecule has 2 N–H and O–H groups in total. The zero-order valence-corrected chi connectivity index (χ0v) is 14.2. The zero-order valence-electron chi connectivity index (χ0n) is 14.2. The number of aromatic amines is 1. The smallest absolute Gasteiger partial charge is 0.291 e. The summed E-state index contributed by atoms with van der Waals surface area (Å²) in [5, 5.41) is 9.48. The van der Waals surface area contributed by atoms with Crippen LogP contribution in [0.4, 0.5) is 0 Å². The second-order valence-corrected chi connectivity index (χ2v) is 6.79. The lowest BCUT2D eigenvalue weighted by Crippen LogP contribution is -2.49. The Kier molecular flexibility index (Phi) is 3.99. The van der Waals surface area contributed by atoms with Crippen molar-refractivity contribution in [2.75, 3.05) is 13.1 Å². The topological polar surface area (TPSA) is 91.0 Å². The number of hydrogen-bond acceptors (Lipinski definition) is 4. The van der Waals surface area contributed by atoms with Gasteiger partial charge in [0.15, 0.2) is 0 Å². The molecule has 7 heteroatoms. The van der Waals surface area contributed by atoms with Crippen LogP contribution in [-0.2, 0) is 12.8 Å². The number of nitrogens with one attached hydrogen (secondary N) is 2. The number of carbonyl (C=O) groups is 2. The van der Waals surface area contributed by atoms with Gasteiger partial charge < -0.3 is 10.2 Å². The molecule has 0 spiro atoms. The van der Waals surface area contributed by atoms with Crippen LogP contribution < -0.4 is 5.32 Å². The largest absolute Gasteiger partial charge is 0.345 e. The molecule has 0 saturated carbocycles. The van der Waals surface area contributed by atoms with E-state index in [2.05, 4.69) is 26.6 Å². The normalized spacial score (nSPS) is 19.1. The predicted molar refractivity (Wildman–Crippen MR) is 91.4 cm³/mol. The van der Waals surface area contributed by atoms with Crippen LogP contribution in [0, 0.1) is 6.92 Å². The van der Waals surface area contributed by atoms with Crippen LogP contribution in [0.2, 0.25) is 0 Å². The fraction of sp³-hybridized carbons (Fsp3) is 0.444. The minimum Gasteiger partial charge on any atom is -0.345 e. The van der Waals surface area contributed by atoms with Gasteiger partial charge in [-0.1, -0.05) is 6.07 Å². The summed E-state index contributed by atoms with van der Waals surface area (Å²) in [6.07, 6.45) is 3.89. The molecule has 1 saturated heterocycles. The number of nitrogens with zero attached hydrogens (tertiary/aromatic N) is 3. The highest BCUT2D eigenvalue weighted by Crippen LogP contribution is 2.25. The molecule has 0 bridgehead atoms. The average Bonchev–Trinajstić information content (AvgIpc) is 3.02. The highest BCUT2D eigenvalue weighted by atomic mass is 16.2. The molecule has 2 amide bonds. The fourth-order valence-electron chi connectivity index (χ4n) is 3.48. The van der Waals surface area contributed by atoms with Gasteiger partial charge in [0, 0.05) is 24.7 Å². The SMILES string of the molecule is Cc1nc(C(=O)N[C@@H]2CCCN(C(=O)c3ccc4c(c3)CC4)C2)n[nH]1. The van der Waals surface area contributed by atoms with Gasteiger partial charge in [0.25, 0.3) is 11.8 Å². The number of carbonyl (C=O) groups excluding carboxylic acids is 2. The van der Waals surface area contributed by atoms with Gasteiger partial charge in [-0.2, -0.15) is 0 Å². The quantitative estimate of drug-likeness (QED) is 0.880. The highest BCUT2D eigenvalue weighted by molar-refractivity contribution is 5.95. The molecule has 25 heavy (non-hydrogen) atoms. The first kappa shape index (κ1) is 15.8. The summed E-state index contributed by atoms with van der Waals surface area (Å²) in [5.41, 5.74) is 3.38. The van der Waals surface area contributed by atoms with Gasteiger partial charge in [0.05, 0.1) is 0 Å². The van der Waals surface area contributed by atoms with Crippen molar-refractivity contribution < 1.29 is 9.59 Å². The first-order valence-electron chi connectivity index (χ1n) is 8.71. The van der Waals surface area contributed by atoms with Crippen molar-refractivity contribution in [2.45, 2.75) is 38.6 Å². The Morgan fingerprint density at radius 3 is 2.80 bits per heavy atom. The summed E-state index contributed by atoms with van der Waals surface area (Å²) in [6, 6.07) is 5.91. The van der Waals surface area contributed by atoms with Gasteiger partial charge in [0.2, 0.25) is 5.82 Å². The number of aromatic nitrogens is 3. The molecule has 1 atom stereocenters. The van der Waals surface area contributed by atoms with Crippen molar-refractivity contribution >= 4 is 11.8 Å². The van der Waals surface area contributed by atoms with E-state index >= 15 is 0 Å². The van der Waals surface area contributed by atoms with E-state index in [0.29, 0.717) is 12.4 Å². The summed E-state index contributed by atoms with van der Waals surface area (Å²) in [5.74, 6) is 0.488. The van der Waals surface area contributed by atoms with Crippen molar-refractivity contribution in [2.24, 2.45) is 0 Å². The Balaban J connectivity index is 1.41. The van der Waals surface area contributed by atoms with Gasteiger partial charge in [-0.15, -0.1) is 5.10 Å². The third kappa shape index (κ3) is 3.14. The first-order chi connectivity index (χ1) is 12.1. The van der Waals surface area contributed by atoms with Gasteiger partial charge in [0.1, 0.15) is 5.82 Å². The maximum atomic E-state index is 12.8. The molecule has 1 aliphatic carbocycles. The van der Waals surface area contributed by atoms with Crippen molar-refractivity contribution in [3.05, 3.63) is 46.5 Å². The molecule has 0 unspecified atom stereocenters. The Labute approximate surface area is 145 Å². The van der Waals surface area contributed by atoms with Crippen molar-refractivity contribution in [3.63, 3.8) is 0 Å². The Morgan fingerprint density at radius 1 is 1.28 bits per heavy atom. The van der Waals surface area contributed by atoms with E-state index < -0.39 is 0 Å². The number of piperidine rings is 1. The van der Waals surface area contributed by atoms with E-state index in [4.69, 9.17) is 0 Å². The number of rotatable bonds is 3. The van der Waals surface area contributed by atoms with Crippen LogP contribution in [0.15, 0.2) is 18.2 Å². The van der Waals surface area contributed by atoms with E-state index in [0.717, 1.165) is 37.8 Å². The van der Waals surface area contributed by atoms with E-state index in [1.807, 2.05) is 17.0 Å². The maximum absolute atomic E-state index is 12.8. The summed E-state index contributed by atoms with van der Waals surface area (Å²) in [6.45, 7) is 2.99. The van der Waals surface area contributed by atoms with Crippen molar-refractivity contribution in [1.29, 1.82) is 0 Å². The summed E-state index contributed by atoms with van der Waals surface area (Å²) in [7, 11) is 0. The standard InChI is InChI=1S/C18H21N5O2/c1-11-19-16(22-21-11)17(24)20-15-3-2-8-23(10-15)18(25)14-7-5-12-4-6-13(12)9-14/h5,7,9,15H,2-4,6,8,10H2,1H3,(H,20,24)(H,19,21,22)/t15-/m1/s1. The van der Waals surface area contributed by atoms with E-state index in [1.165, 1.54) is 11.1 Å². The molecule has 130 valence electrons. The molecule has 2 heterocycles. The second-order valence-electron chi connectivity index (χ2n) is 6.79. The second kappa shape index (κ2) is 6.31. The van der Waals surface area contributed by atoms with Crippen molar-refractivity contribution in [1.82, 2.24) is 25.4 Å². The first-order valence-corrected chi connectivity index (χ1v) is 8.71. The van der Waals surface area contributed by atoms with Crippen LogP contribution in [-0.4, -0.2) is 51.0 Å². The van der Waals surface area contributed by atoms with Gasteiger partial charge in [-0.3, -0.25) is 14.7 Å². The van der Waals surface area contributed by atoms with Crippen molar-refractivity contribution in [3.8, 4) is 0 Å². The number of aryl methyl sites for hydroxylation is 3. The van der Waals surface area contributed by atoms with Gasteiger partial charge >= 0.3 is 0 Å². The summed E-state index contributed by atoms with van der Waals surface area (Å²) in [4.78, 5) is 30.9. The number of likely N-dealkylation sites (tertiary alicyclic amines) is 1. The third-order valence-corrected chi connectivity index (χ3v) is 4.96. The number of fused-ring (bicyclic) bond motifs is 1. The molecular formula is C18H21N5O2. The Hall–Kier alpha value is -2.70. The number of benzene rings is 1. The molecule has 2 aliphatic rings. The molecule has 2 aromatic rings. The monoisotopic (exact) mass is 339 g/mol. The Morgan fingerprint density at radius 2 is 2.12 bits per heavy atom. The molecule has 1 aromatic heterocycles. The average molecular weight is 339 g/mol. The Bertz CT molecular complexity index is 829. The summed E-state index contributed by atoms with van der Waals surface area (Å²) >= 11 is 0. The van der Waals surface area contributed by atoms with Crippen LogP contribution >= 0.6 is 0 Å². The molecule has 7 nitrogen and oxygen atoms in total. The lowest BCUT2D eigenvalue weighted by molar-refractivity contribution is 0.0674. The van der Waals surface area contributed by atoms with Crippen LogP contribution in [0.3, 0.4) is 0 Å². The highest BCUT2D eigenvalue weighted by Gasteiger charge is 2.27. The number of H-pyrrole nitrogens is 1. The summed E-state index contributed by atoms with van der Waals surface area (Å²) < 4.78 is 0. The lowest BCUT2D eigenvalue weighted by Gasteiger charge is -2.33. The molecule has 1 aliphatic heterocycles. The zero-order chi connectivity index (χ0) is 17.4. The maximum Gasteiger partial charge on any atom is 0.291 e. The third-order valence-electron chi connectivity index (χ3n) is 4.96. The molecule has 4 rings (SSSR count). The fourth-order valence-corrected chi connectivity index (χ4v) is 3.48. The van der Waals surface area contributed by atoms with E-state index in [9.17, 15) is 9.59 Å². The van der Waals surface area contributed by atoms with E-state index in [1.54, 1.807) is 6.92 Å². The molecule has 1 aromatic carbocycles.